The van der Waals surface area contributed by atoms with Crippen LogP contribution >= 0.6 is 11.8 Å². The molecule has 33 heavy (non-hydrogen) atoms. The van der Waals surface area contributed by atoms with E-state index in [-0.39, 0.29) is 11.5 Å². The monoisotopic (exact) mass is 462 g/mol. The Kier molecular flexibility index (Phi) is 6.37. The summed E-state index contributed by atoms with van der Waals surface area (Å²) < 4.78 is 11.4. The second-order valence-electron chi connectivity index (χ2n) is 7.33. The molecule has 1 N–H and O–H groups in total. The van der Waals surface area contributed by atoms with Gasteiger partial charge in [-0.25, -0.2) is 9.79 Å². The van der Waals surface area contributed by atoms with Crippen LogP contribution in [-0.2, 0) is 4.79 Å². The lowest BCUT2D eigenvalue weighted by Crippen LogP contribution is -2.23. The highest BCUT2D eigenvalue weighted by Crippen LogP contribution is 2.35. The molecule has 2 aromatic carbocycles. The van der Waals surface area contributed by atoms with Gasteiger partial charge in [-0.3, -0.25) is 9.69 Å². The first-order valence-electron chi connectivity index (χ1n) is 10.3. The van der Waals surface area contributed by atoms with Crippen LogP contribution < -0.4 is 4.74 Å². The Morgan fingerprint density at radius 3 is 2.61 bits per heavy atom. The molecular weight excluding hydrogens is 440 g/mol. The highest BCUT2D eigenvalue weighted by atomic mass is 32.2. The predicted molar refractivity (Wildman–Crippen MR) is 129 cm³/mol. The van der Waals surface area contributed by atoms with Gasteiger partial charge >= 0.3 is 5.97 Å². The van der Waals surface area contributed by atoms with E-state index in [4.69, 9.17) is 14.3 Å². The van der Waals surface area contributed by atoms with E-state index in [1.807, 2.05) is 38.1 Å². The second kappa shape index (κ2) is 9.38. The van der Waals surface area contributed by atoms with Crippen molar-refractivity contribution in [3.05, 3.63) is 76.4 Å². The Morgan fingerprint density at radius 1 is 1.18 bits per heavy atom. The maximum atomic E-state index is 12.7. The summed E-state index contributed by atoms with van der Waals surface area (Å²) in [7, 11) is 1.69. The molecule has 1 amide bonds. The lowest BCUT2D eigenvalue weighted by molar-refractivity contribution is -0.121. The molecule has 4 rings (SSSR count). The third kappa shape index (κ3) is 4.85. The molecule has 7 nitrogen and oxygen atoms in total. The van der Waals surface area contributed by atoms with Gasteiger partial charge in [0.05, 0.1) is 22.8 Å². The van der Waals surface area contributed by atoms with E-state index in [0.29, 0.717) is 28.2 Å². The number of benzene rings is 2. The first-order valence-corrected chi connectivity index (χ1v) is 11.1. The van der Waals surface area contributed by atoms with E-state index in [0.717, 1.165) is 22.6 Å². The summed E-state index contributed by atoms with van der Waals surface area (Å²) in [5.41, 5.74) is 2.53. The van der Waals surface area contributed by atoms with Gasteiger partial charge < -0.3 is 14.3 Å². The molecule has 0 atom stereocenters. The average Bonchev–Trinajstić information content (AvgIpc) is 3.36. The normalized spacial score (nSPS) is 16.1. The van der Waals surface area contributed by atoms with Crippen LogP contribution in [0.15, 0.2) is 68.9 Å². The molecule has 8 heteroatoms. The first kappa shape index (κ1) is 22.4. The molecule has 3 aromatic rings. The zero-order chi connectivity index (χ0) is 23.5. The van der Waals surface area contributed by atoms with Crippen LogP contribution in [0.4, 0.5) is 5.69 Å². The van der Waals surface area contributed by atoms with Gasteiger partial charge in [0.25, 0.3) is 5.91 Å². The summed E-state index contributed by atoms with van der Waals surface area (Å²) in [5, 5.41) is 9.72. The molecule has 0 saturated carbocycles. The van der Waals surface area contributed by atoms with Crippen LogP contribution in [-0.4, -0.2) is 40.7 Å². The molecule has 0 bridgehead atoms. The number of ether oxygens (including phenoxy) is 1. The maximum Gasteiger partial charge on any atom is 0.335 e. The molecule has 1 saturated heterocycles. The summed E-state index contributed by atoms with van der Waals surface area (Å²) in [5.74, 6) is 0.761. The number of nitrogens with zero attached hydrogens (tertiary/aromatic N) is 2. The van der Waals surface area contributed by atoms with E-state index in [2.05, 4.69) is 4.99 Å². The summed E-state index contributed by atoms with van der Waals surface area (Å²) in [6.07, 6.45) is 1.69. The smallest absolute Gasteiger partial charge is 0.335 e. The number of amides is 1. The fourth-order valence-electron chi connectivity index (χ4n) is 3.32. The third-order valence-electron chi connectivity index (χ3n) is 5.02. The first-order chi connectivity index (χ1) is 15.9. The molecule has 1 aliphatic rings. The minimum absolute atomic E-state index is 0.162. The van der Waals surface area contributed by atoms with Crippen molar-refractivity contribution in [3.63, 3.8) is 0 Å². The zero-order valence-corrected chi connectivity index (χ0v) is 19.2. The SMILES string of the molecule is CCOc1ccc(N=C2S/C(=C\c3ccc(-c4ccc(C(=O)O)cc4C)o3)C(=O)N2C)cc1. The fourth-order valence-corrected chi connectivity index (χ4v) is 4.29. The number of carboxylic acid groups (broad SMARTS) is 1. The highest BCUT2D eigenvalue weighted by molar-refractivity contribution is 8.18. The lowest BCUT2D eigenvalue weighted by Gasteiger charge is -2.07. The second-order valence-corrected chi connectivity index (χ2v) is 8.34. The number of aryl methyl sites for hydroxylation is 1. The quantitative estimate of drug-likeness (QED) is 0.481. The van der Waals surface area contributed by atoms with E-state index in [1.165, 1.54) is 16.7 Å². The van der Waals surface area contributed by atoms with Crippen LogP contribution in [0.5, 0.6) is 5.75 Å². The largest absolute Gasteiger partial charge is 0.494 e. The third-order valence-corrected chi connectivity index (χ3v) is 6.08. The minimum Gasteiger partial charge on any atom is -0.494 e. The molecular formula is C25H22N2O5S. The molecule has 168 valence electrons. The number of likely N-dealkylation sites (N-methyl/N-ethyl adjacent to an activating group) is 1. The predicted octanol–water partition coefficient (Wildman–Crippen LogP) is 5.59. The summed E-state index contributed by atoms with van der Waals surface area (Å²) >= 11 is 1.28. The maximum absolute atomic E-state index is 12.7. The number of carbonyl (C=O) groups is 2. The summed E-state index contributed by atoms with van der Waals surface area (Å²) in [6.45, 7) is 4.35. The number of thioether (sulfide) groups is 1. The molecule has 1 aromatic heterocycles. The van der Waals surface area contributed by atoms with Gasteiger partial charge in [0.1, 0.15) is 17.3 Å². The summed E-state index contributed by atoms with van der Waals surface area (Å²) in [6, 6.07) is 15.8. The molecule has 1 aliphatic heterocycles. The average molecular weight is 463 g/mol. The fraction of sp³-hybridized carbons (Fsp3) is 0.160. The molecule has 2 heterocycles. The minimum atomic E-state index is -0.974. The van der Waals surface area contributed by atoms with E-state index in [1.54, 1.807) is 43.5 Å². The summed E-state index contributed by atoms with van der Waals surface area (Å²) in [4.78, 5) is 30.5. The van der Waals surface area contributed by atoms with Crippen molar-refractivity contribution in [1.29, 1.82) is 0 Å². The number of aliphatic imine (C=N–C) groups is 1. The Labute approximate surface area is 195 Å². The van der Waals surface area contributed by atoms with Crippen molar-refractivity contribution >= 4 is 40.6 Å². The molecule has 1 fully saturated rings. The van der Waals surface area contributed by atoms with Crippen molar-refractivity contribution in [2.24, 2.45) is 4.99 Å². The number of amidine groups is 1. The molecule has 0 unspecified atom stereocenters. The number of aromatic carboxylic acids is 1. The van der Waals surface area contributed by atoms with E-state index >= 15 is 0 Å². The van der Waals surface area contributed by atoms with Crippen molar-refractivity contribution in [3.8, 4) is 17.1 Å². The van der Waals surface area contributed by atoms with Crippen molar-refractivity contribution in [1.82, 2.24) is 4.90 Å². The van der Waals surface area contributed by atoms with Gasteiger partial charge in [-0.15, -0.1) is 0 Å². The number of rotatable bonds is 6. The standard InChI is InChI=1S/C25H22N2O5S/c1-4-31-18-8-6-17(7-9-18)26-25-27(3)23(28)22(33-25)14-19-10-12-21(32-19)20-11-5-16(24(29)30)13-15(20)2/h5-14H,4H2,1-3H3,(H,29,30)/b22-14-,26-25?. The highest BCUT2D eigenvalue weighted by Gasteiger charge is 2.30. The van der Waals surface area contributed by atoms with Gasteiger partial charge in [0.2, 0.25) is 0 Å². The topological polar surface area (TPSA) is 92.3 Å². The Morgan fingerprint density at radius 2 is 1.94 bits per heavy atom. The number of carbonyl (C=O) groups excluding carboxylic acids is 1. The van der Waals surface area contributed by atoms with Crippen molar-refractivity contribution in [2.45, 2.75) is 13.8 Å². The van der Waals surface area contributed by atoms with Gasteiger partial charge in [-0.1, -0.05) is 6.07 Å². The van der Waals surface area contributed by atoms with Crippen LogP contribution in [0, 0.1) is 6.92 Å². The Balaban J connectivity index is 1.55. The Bertz CT molecular complexity index is 1270. The van der Waals surface area contributed by atoms with Crippen molar-refractivity contribution < 1.29 is 23.8 Å². The van der Waals surface area contributed by atoms with Crippen molar-refractivity contribution in [2.75, 3.05) is 13.7 Å². The number of carboxylic acids is 1. The number of hydrogen-bond donors (Lipinski definition) is 1. The van der Waals surface area contributed by atoms with Gasteiger partial charge in [-0.2, -0.15) is 0 Å². The van der Waals surface area contributed by atoms with Crippen LogP contribution in [0.1, 0.15) is 28.6 Å². The molecule has 0 aliphatic carbocycles. The van der Waals surface area contributed by atoms with Crippen LogP contribution in [0.3, 0.4) is 0 Å². The van der Waals surface area contributed by atoms with Gasteiger partial charge in [0.15, 0.2) is 5.17 Å². The number of hydrogen-bond acceptors (Lipinski definition) is 6. The Hall–Kier alpha value is -3.78. The van der Waals surface area contributed by atoms with Gasteiger partial charge in [-0.05, 0) is 79.7 Å². The van der Waals surface area contributed by atoms with Gasteiger partial charge in [0, 0.05) is 18.7 Å². The molecule has 0 spiro atoms. The lowest BCUT2D eigenvalue weighted by atomic mass is 10.0. The van der Waals surface area contributed by atoms with E-state index in [9.17, 15) is 9.59 Å². The zero-order valence-electron chi connectivity index (χ0n) is 18.4. The number of furan rings is 1. The van der Waals surface area contributed by atoms with Crippen LogP contribution in [0.2, 0.25) is 0 Å². The molecule has 0 radical (unpaired) electrons. The van der Waals surface area contributed by atoms with Crippen LogP contribution in [0.25, 0.3) is 17.4 Å². The van der Waals surface area contributed by atoms with E-state index < -0.39 is 5.97 Å².